The van der Waals surface area contributed by atoms with E-state index in [0.29, 0.717) is 5.92 Å². The molecule has 18 heavy (non-hydrogen) atoms. The van der Waals surface area contributed by atoms with Crippen LogP contribution in [0.15, 0.2) is 12.1 Å². The van der Waals surface area contributed by atoms with Crippen molar-refractivity contribution < 1.29 is 9.84 Å². The van der Waals surface area contributed by atoms with Gasteiger partial charge < -0.3 is 9.84 Å². The summed E-state index contributed by atoms with van der Waals surface area (Å²) >= 11 is 6.22. The van der Waals surface area contributed by atoms with E-state index in [1.807, 2.05) is 6.07 Å². The van der Waals surface area contributed by atoms with Gasteiger partial charge in [-0.3, -0.25) is 0 Å². The lowest BCUT2D eigenvalue weighted by Crippen LogP contribution is -2.17. The van der Waals surface area contributed by atoms with Gasteiger partial charge in [0.25, 0.3) is 0 Å². The lowest BCUT2D eigenvalue weighted by Gasteiger charge is -2.24. The zero-order valence-corrected chi connectivity index (χ0v) is 11.2. The van der Waals surface area contributed by atoms with Gasteiger partial charge in [0.2, 0.25) is 0 Å². The Balaban J connectivity index is 1.94. The van der Waals surface area contributed by atoms with Gasteiger partial charge in [-0.1, -0.05) is 30.9 Å². The van der Waals surface area contributed by atoms with E-state index in [2.05, 4.69) is 6.07 Å². The minimum absolute atomic E-state index is 0.0798. The van der Waals surface area contributed by atoms with Crippen LogP contribution in [-0.4, -0.2) is 17.8 Å². The first kappa shape index (κ1) is 12.3. The van der Waals surface area contributed by atoms with Crippen molar-refractivity contribution in [3.05, 3.63) is 28.3 Å². The molecule has 1 atom stereocenters. The van der Waals surface area contributed by atoms with E-state index < -0.39 is 0 Å². The fourth-order valence-corrected chi connectivity index (χ4v) is 3.49. The van der Waals surface area contributed by atoms with Gasteiger partial charge in [0.05, 0.1) is 6.61 Å². The molecule has 2 aliphatic rings. The highest BCUT2D eigenvalue weighted by Crippen LogP contribution is 2.43. The second kappa shape index (κ2) is 5.10. The third-order valence-electron chi connectivity index (χ3n) is 4.14. The van der Waals surface area contributed by atoms with Gasteiger partial charge in [0, 0.05) is 11.4 Å². The molecule has 0 spiro atoms. The number of fused-ring (bicyclic) bond motifs is 1. The number of hydrogen-bond acceptors (Lipinski definition) is 2. The molecule has 1 fully saturated rings. The third kappa shape index (κ3) is 2.24. The first-order valence-corrected chi connectivity index (χ1v) is 7.25. The van der Waals surface area contributed by atoms with Crippen molar-refractivity contribution in [2.45, 2.75) is 50.5 Å². The van der Waals surface area contributed by atoms with Crippen LogP contribution in [0.4, 0.5) is 0 Å². The van der Waals surface area contributed by atoms with E-state index in [4.69, 9.17) is 16.3 Å². The Labute approximate surface area is 113 Å². The SMILES string of the molecule is OC[C@H]1Cc2cc(Cl)cc(C3CCCCC3)c2O1. The number of aliphatic hydroxyl groups is 1. The van der Waals surface area contributed by atoms with Crippen molar-refractivity contribution >= 4 is 11.6 Å². The second-order valence-electron chi connectivity index (χ2n) is 5.44. The maximum Gasteiger partial charge on any atom is 0.126 e. The predicted octanol–water partition coefficient (Wildman–Crippen LogP) is 3.68. The molecular formula is C15H19ClO2. The van der Waals surface area contributed by atoms with Crippen LogP contribution >= 0.6 is 11.6 Å². The van der Waals surface area contributed by atoms with Gasteiger partial charge in [-0.2, -0.15) is 0 Å². The van der Waals surface area contributed by atoms with Gasteiger partial charge in [-0.25, -0.2) is 0 Å². The summed E-state index contributed by atoms with van der Waals surface area (Å²) < 4.78 is 5.89. The average molecular weight is 267 g/mol. The zero-order valence-electron chi connectivity index (χ0n) is 10.5. The summed E-state index contributed by atoms with van der Waals surface area (Å²) in [7, 11) is 0. The Morgan fingerprint density at radius 1 is 1.22 bits per heavy atom. The van der Waals surface area contributed by atoms with E-state index in [-0.39, 0.29) is 12.7 Å². The maximum absolute atomic E-state index is 9.25. The van der Waals surface area contributed by atoms with Crippen LogP contribution < -0.4 is 4.74 Å². The van der Waals surface area contributed by atoms with Crippen LogP contribution in [0.25, 0.3) is 0 Å². The van der Waals surface area contributed by atoms with Gasteiger partial charge in [-0.15, -0.1) is 0 Å². The van der Waals surface area contributed by atoms with Crippen molar-refractivity contribution in [2.24, 2.45) is 0 Å². The Morgan fingerprint density at radius 3 is 2.72 bits per heavy atom. The fraction of sp³-hybridized carbons (Fsp3) is 0.600. The van der Waals surface area contributed by atoms with Crippen LogP contribution in [0, 0.1) is 0 Å². The standard InChI is InChI=1S/C15H19ClO2/c16-12-6-11-7-13(9-17)18-15(11)14(8-12)10-4-2-1-3-5-10/h6,8,10,13,17H,1-5,7,9H2/t13-/m1/s1. The smallest absolute Gasteiger partial charge is 0.126 e. The fourth-order valence-electron chi connectivity index (χ4n) is 3.24. The Morgan fingerprint density at radius 2 is 2.00 bits per heavy atom. The summed E-state index contributed by atoms with van der Waals surface area (Å²) in [5.74, 6) is 1.59. The van der Waals surface area contributed by atoms with Crippen LogP contribution in [0.5, 0.6) is 5.75 Å². The normalized spacial score (nSPS) is 23.8. The van der Waals surface area contributed by atoms with Gasteiger partial charge >= 0.3 is 0 Å². The van der Waals surface area contributed by atoms with Crippen LogP contribution in [0.3, 0.4) is 0 Å². The number of hydrogen-bond donors (Lipinski definition) is 1. The number of aliphatic hydroxyl groups excluding tert-OH is 1. The Hall–Kier alpha value is -0.730. The summed E-state index contributed by atoms with van der Waals surface area (Å²) in [5.41, 5.74) is 2.44. The van der Waals surface area contributed by atoms with Crippen molar-refractivity contribution in [2.75, 3.05) is 6.61 Å². The number of ether oxygens (including phenoxy) is 1. The molecule has 0 saturated heterocycles. The quantitative estimate of drug-likeness (QED) is 0.885. The molecule has 0 bridgehead atoms. The minimum atomic E-state index is -0.0826. The molecule has 3 rings (SSSR count). The summed E-state index contributed by atoms with van der Waals surface area (Å²) in [6, 6.07) is 4.05. The lowest BCUT2D eigenvalue weighted by atomic mass is 9.83. The molecule has 98 valence electrons. The molecule has 1 N–H and O–H groups in total. The molecule has 2 nitrogen and oxygen atoms in total. The van der Waals surface area contributed by atoms with Crippen molar-refractivity contribution in [1.82, 2.24) is 0 Å². The minimum Gasteiger partial charge on any atom is -0.487 e. The lowest BCUT2D eigenvalue weighted by molar-refractivity contribution is 0.133. The Kier molecular flexibility index (Phi) is 3.49. The number of benzene rings is 1. The van der Waals surface area contributed by atoms with Crippen LogP contribution in [0.1, 0.15) is 49.1 Å². The molecule has 0 radical (unpaired) electrons. The third-order valence-corrected chi connectivity index (χ3v) is 4.36. The average Bonchev–Trinajstić information content (AvgIpc) is 2.81. The number of halogens is 1. The molecule has 1 saturated carbocycles. The zero-order chi connectivity index (χ0) is 12.5. The molecule has 1 heterocycles. The van der Waals surface area contributed by atoms with Gasteiger partial charge in [0.1, 0.15) is 11.9 Å². The highest BCUT2D eigenvalue weighted by molar-refractivity contribution is 6.30. The van der Waals surface area contributed by atoms with E-state index in [1.165, 1.54) is 43.2 Å². The molecule has 1 aromatic carbocycles. The predicted molar refractivity (Wildman–Crippen MR) is 72.5 cm³/mol. The summed E-state index contributed by atoms with van der Waals surface area (Å²) in [6.07, 6.45) is 7.12. The molecule has 1 aliphatic carbocycles. The first-order chi connectivity index (χ1) is 8.78. The highest BCUT2D eigenvalue weighted by Gasteiger charge is 2.29. The molecule has 0 unspecified atom stereocenters. The van der Waals surface area contributed by atoms with E-state index >= 15 is 0 Å². The molecule has 0 aromatic heterocycles. The monoisotopic (exact) mass is 266 g/mol. The van der Waals surface area contributed by atoms with E-state index in [1.54, 1.807) is 0 Å². The van der Waals surface area contributed by atoms with E-state index in [0.717, 1.165) is 17.2 Å². The van der Waals surface area contributed by atoms with E-state index in [9.17, 15) is 5.11 Å². The summed E-state index contributed by atoms with van der Waals surface area (Å²) in [4.78, 5) is 0. The Bertz CT molecular complexity index is 438. The van der Waals surface area contributed by atoms with Crippen LogP contribution in [-0.2, 0) is 6.42 Å². The topological polar surface area (TPSA) is 29.5 Å². The number of rotatable bonds is 2. The van der Waals surface area contributed by atoms with Crippen molar-refractivity contribution in [3.63, 3.8) is 0 Å². The van der Waals surface area contributed by atoms with Crippen molar-refractivity contribution in [1.29, 1.82) is 0 Å². The van der Waals surface area contributed by atoms with Crippen LogP contribution in [0.2, 0.25) is 5.02 Å². The molecular weight excluding hydrogens is 248 g/mol. The van der Waals surface area contributed by atoms with Crippen molar-refractivity contribution in [3.8, 4) is 5.75 Å². The maximum atomic E-state index is 9.25. The molecule has 1 aliphatic heterocycles. The largest absolute Gasteiger partial charge is 0.487 e. The molecule has 3 heteroatoms. The molecule has 0 amide bonds. The second-order valence-corrected chi connectivity index (χ2v) is 5.88. The van der Waals surface area contributed by atoms with Gasteiger partial charge in [0.15, 0.2) is 0 Å². The molecule has 1 aromatic rings. The first-order valence-electron chi connectivity index (χ1n) is 6.87. The highest BCUT2D eigenvalue weighted by atomic mass is 35.5. The summed E-state index contributed by atoms with van der Waals surface area (Å²) in [6.45, 7) is 0.0798. The summed E-state index contributed by atoms with van der Waals surface area (Å²) in [5, 5.41) is 10.1. The van der Waals surface area contributed by atoms with Gasteiger partial charge in [-0.05, 0) is 42.0 Å².